The van der Waals surface area contributed by atoms with E-state index in [0.29, 0.717) is 25.2 Å². The van der Waals surface area contributed by atoms with Gasteiger partial charge in [-0.1, -0.05) is 23.7 Å². The predicted molar refractivity (Wildman–Crippen MR) is 125 cm³/mol. The lowest BCUT2D eigenvalue weighted by atomic mass is 10.2. The molecule has 0 unspecified atom stereocenters. The second kappa shape index (κ2) is 12.5. The van der Waals surface area contributed by atoms with Crippen molar-refractivity contribution in [2.45, 2.75) is 6.54 Å². The Kier molecular flexibility index (Phi) is 10.7. The molecule has 0 aliphatic rings. The van der Waals surface area contributed by atoms with Gasteiger partial charge in [-0.25, -0.2) is 0 Å². The van der Waals surface area contributed by atoms with E-state index in [0.717, 1.165) is 22.3 Å². The fourth-order valence-electron chi connectivity index (χ4n) is 2.52. The van der Waals surface area contributed by atoms with Gasteiger partial charge in [-0.3, -0.25) is 9.79 Å². The van der Waals surface area contributed by atoms with Crippen molar-refractivity contribution in [2.24, 2.45) is 4.99 Å². The van der Waals surface area contributed by atoms with E-state index in [1.165, 1.54) is 0 Å². The molecule has 0 saturated heterocycles. The number of amides is 1. The number of aliphatic imine (C=N–C) groups is 1. The summed E-state index contributed by atoms with van der Waals surface area (Å²) < 4.78 is 5.09. The van der Waals surface area contributed by atoms with Gasteiger partial charge in [0.15, 0.2) is 5.96 Å². The first kappa shape index (κ1) is 24.0. The minimum Gasteiger partial charge on any atom is -0.497 e. The molecular weight excluding hydrogens is 491 g/mol. The van der Waals surface area contributed by atoms with E-state index in [1.54, 1.807) is 38.4 Å². The fourth-order valence-corrected chi connectivity index (χ4v) is 2.64. The summed E-state index contributed by atoms with van der Waals surface area (Å²) in [6.45, 7) is 1.76. The number of guanidine groups is 1. The van der Waals surface area contributed by atoms with Gasteiger partial charge in [0.1, 0.15) is 5.75 Å². The van der Waals surface area contributed by atoms with Gasteiger partial charge in [0.25, 0.3) is 5.91 Å². The average molecular weight is 517 g/mol. The molecule has 1 amide bonds. The lowest BCUT2D eigenvalue weighted by Gasteiger charge is -2.22. The van der Waals surface area contributed by atoms with Crippen molar-refractivity contribution in [3.63, 3.8) is 0 Å². The lowest BCUT2D eigenvalue weighted by molar-refractivity contribution is 0.0954. The van der Waals surface area contributed by atoms with E-state index in [-0.39, 0.29) is 29.9 Å². The molecule has 0 radical (unpaired) electrons. The average Bonchev–Trinajstić information content (AvgIpc) is 2.69. The topological polar surface area (TPSA) is 66.0 Å². The first-order valence-corrected chi connectivity index (χ1v) is 8.99. The zero-order chi connectivity index (χ0) is 19.6. The van der Waals surface area contributed by atoms with E-state index in [1.807, 2.05) is 36.2 Å². The number of ether oxygens (including phenoxy) is 1. The largest absolute Gasteiger partial charge is 0.497 e. The highest BCUT2D eigenvalue weighted by Gasteiger charge is 2.08. The van der Waals surface area contributed by atoms with Gasteiger partial charge < -0.3 is 20.3 Å². The number of carbonyl (C=O) groups is 1. The molecule has 0 spiro atoms. The van der Waals surface area contributed by atoms with E-state index in [2.05, 4.69) is 15.6 Å². The Bertz CT molecular complexity index is 767. The van der Waals surface area contributed by atoms with Gasteiger partial charge in [-0.2, -0.15) is 0 Å². The van der Waals surface area contributed by atoms with Crippen molar-refractivity contribution in [1.29, 1.82) is 0 Å². The molecule has 0 fully saturated rings. The quantitative estimate of drug-likeness (QED) is 0.256. The van der Waals surface area contributed by atoms with Crippen molar-refractivity contribution in [1.82, 2.24) is 15.5 Å². The highest BCUT2D eigenvalue weighted by molar-refractivity contribution is 14.0. The molecule has 0 aliphatic heterocycles. The molecule has 6 nitrogen and oxygen atoms in total. The molecule has 0 aliphatic carbocycles. The molecule has 8 heteroatoms. The third kappa shape index (κ3) is 7.55. The monoisotopic (exact) mass is 516 g/mol. The minimum absolute atomic E-state index is 0. The molecule has 0 atom stereocenters. The van der Waals surface area contributed by atoms with Gasteiger partial charge in [0.2, 0.25) is 0 Å². The number of methoxy groups -OCH3 is 1. The molecule has 2 aromatic carbocycles. The van der Waals surface area contributed by atoms with Crippen LogP contribution >= 0.6 is 35.6 Å². The van der Waals surface area contributed by atoms with Crippen LogP contribution in [0.5, 0.6) is 5.75 Å². The molecule has 0 bridgehead atoms. The Morgan fingerprint density at radius 1 is 1.07 bits per heavy atom. The fraction of sp³-hybridized carbons (Fsp3) is 0.300. The second-order valence-corrected chi connectivity index (χ2v) is 6.38. The Morgan fingerprint density at radius 2 is 1.68 bits per heavy atom. The van der Waals surface area contributed by atoms with E-state index in [4.69, 9.17) is 16.3 Å². The summed E-state index contributed by atoms with van der Waals surface area (Å²) in [5.74, 6) is 1.35. The third-order valence-corrected chi connectivity index (χ3v) is 4.20. The highest BCUT2D eigenvalue weighted by atomic mass is 127. The Labute approximate surface area is 188 Å². The lowest BCUT2D eigenvalue weighted by Crippen LogP contribution is -2.42. The van der Waals surface area contributed by atoms with Gasteiger partial charge in [-0.15, -0.1) is 24.0 Å². The number of hydrogen-bond acceptors (Lipinski definition) is 3. The summed E-state index contributed by atoms with van der Waals surface area (Å²) in [5.41, 5.74) is 1.73. The maximum Gasteiger partial charge on any atom is 0.251 e. The van der Waals surface area contributed by atoms with Crippen LogP contribution in [0.15, 0.2) is 53.5 Å². The van der Waals surface area contributed by atoms with Crippen LogP contribution in [0.3, 0.4) is 0 Å². The van der Waals surface area contributed by atoms with Gasteiger partial charge >= 0.3 is 0 Å². The van der Waals surface area contributed by atoms with Crippen LogP contribution in [0.25, 0.3) is 0 Å². The number of nitrogens with zero attached hydrogens (tertiary/aromatic N) is 2. The number of rotatable bonds is 7. The predicted octanol–water partition coefficient (Wildman–Crippen LogP) is 3.40. The van der Waals surface area contributed by atoms with Crippen molar-refractivity contribution in [3.05, 3.63) is 64.7 Å². The molecule has 2 rings (SSSR count). The molecule has 2 aromatic rings. The smallest absolute Gasteiger partial charge is 0.251 e. The zero-order valence-electron chi connectivity index (χ0n) is 16.2. The van der Waals surface area contributed by atoms with Gasteiger partial charge in [0, 0.05) is 44.3 Å². The van der Waals surface area contributed by atoms with Gasteiger partial charge in [0.05, 0.1) is 7.11 Å². The van der Waals surface area contributed by atoms with Gasteiger partial charge in [-0.05, 0) is 42.0 Å². The summed E-state index contributed by atoms with van der Waals surface area (Å²) in [4.78, 5) is 18.4. The molecule has 152 valence electrons. The molecule has 2 N–H and O–H groups in total. The molecule has 0 saturated carbocycles. The minimum atomic E-state index is -0.121. The SMILES string of the molecule is CN=C(NCCNC(=O)c1ccc(OC)cc1)N(C)Cc1ccc(Cl)cc1.I. The normalized spacial score (nSPS) is 10.6. The molecule has 0 aromatic heterocycles. The summed E-state index contributed by atoms with van der Waals surface area (Å²) in [5, 5.41) is 6.84. The van der Waals surface area contributed by atoms with E-state index < -0.39 is 0 Å². The van der Waals surface area contributed by atoms with Crippen LogP contribution in [-0.2, 0) is 6.54 Å². The van der Waals surface area contributed by atoms with Crippen molar-refractivity contribution in [2.75, 3.05) is 34.3 Å². The van der Waals surface area contributed by atoms with Crippen LogP contribution < -0.4 is 15.4 Å². The first-order valence-electron chi connectivity index (χ1n) is 8.62. The Hall–Kier alpha value is -2.00. The number of nitrogens with one attached hydrogen (secondary N) is 2. The summed E-state index contributed by atoms with van der Waals surface area (Å²) in [6.07, 6.45) is 0. The maximum absolute atomic E-state index is 12.1. The van der Waals surface area contributed by atoms with Crippen molar-refractivity contribution < 1.29 is 9.53 Å². The Balaban J connectivity index is 0.00000392. The third-order valence-electron chi connectivity index (χ3n) is 3.95. The Morgan fingerprint density at radius 3 is 2.25 bits per heavy atom. The summed E-state index contributed by atoms with van der Waals surface area (Å²) >= 11 is 5.92. The maximum atomic E-state index is 12.1. The molecule has 0 heterocycles. The van der Waals surface area contributed by atoms with Crippen molar-refractivity contribution in [3.8, 4) is 5.75 Å². The number of benzene rings is 2. The zero-order valence-corrected chi connectivity index (χ0v) is 19.3. The van der Waals surface area contributed by atoms with Crippen LogP contribution in [0, 0.1) is 0 Å². The first-order chi connectivity index (χ1) is 13.0. The van der Waals surface area contributed by atoms with Crippen LogP contribution in [0.1, 0.15) is 15.9 Å². The second-order valence-electron chi connectivity index (χ2n) is 5.94. The number of carbonyl (C=O) groups excluding carboxylic acids is 1. The molecular formula is C20H26ClIN4O2. The van der Waals surface area contributed by atoms with Crippen LogP contribution in [0.2, 0.25) is 5.02 Å². The van der Waals surface area contributed by atoms with E-state index in [9.17, 15) is 4.79 Å². The highest BCUT2D eigenvalue weighted by Crippen LogP contribution is 2.11. The number of halogens is 2. The standard InChI is InChI=1S/C20H25ClN4O2.HI/c1-22-20(25(2)14-15-4-8-17(21)9-5-15)24-13-12-23-19(26)16-6-10-18(27-3)11-7-16;/h4-11H,12-14H2,1-3H3,(H,22,24)(H,23,26);1H. The van der Waals surface area contributed by atoms with Crippen molar-refractivity contribution >= 4 is 47.4 Å². The summed E-state index contributed by atoms with van der Waals surface area (Å²) in [6, 6.07) is 14.7. The molecule has 28 heavy (non-hydrogen) atoms. The summed E-state index contributed by atoms with van der Waals surface area (Å²) in [7, 11) is 5.29. The van der Waals surface area contributed by atoms with E-state index >= 15 is 0 Å². The number of hydrogen-bond donors (Lipinski definition) is 2. The van der Waals surface area contributed by atoms with Crippen LogP contribution in [0.4, 0.5) is 0 Å². The van der Waals surface area contributed by atoms with Crippen LogP contribution in [-0.4, -0.2) is 51.1 Å².